The predicted molar refractivity (Wildman–Crippen MR) is 101 cm³/mol. The number of rotatable bonds is 3. The molecule has 0 saturated carbocycles. The lowest BCUT2D eigenvalue weighted by atomic mass is 9.90. The average molecular weight is 459 g/mol. The molecule has 2 aromatic carbocycles. The van der Waals surface area contributed by atoms with Crippen molar-refractivity contribution in [3.05, 3.63) is 58.1 Å². The molecular weight excluding hydrogens is 441 g/mol. The molecule has 3 rings (SSSR count). The van der Waals surface area contributed by atoms with Gasteiger partial charge in [0.1, 0.15) is 5.75 Å². The lowest BCUT2D eigenvalue weighted by Gasteiger charge is -2.38. The molecule has 0 spiro atoms. The van der Waals surface area contributed by atoms with Crippen LogP contribution in [0.15, 0.2) is 46.9 Å². The van der Waals surface area contributed by atoms with Gasteiger partial charge in [-0.25, -0.2) is 4.79 Å². The molecule has 2 atom stereocenters. The Morgan fingerprint density at radius 3 is 2.75 bits per heavy atom. The van der Waals surface area contributed by atoms with Crippen molar-refractivity contribution in [2.75, 3.05) is 25.6 Å². The lowest BCUT2D eigenvalue weighted by molar-refractivity contribution is -0.137. The van der Waals surface area contributed by atoms with Crippen LogP contribution in [0.3, 0.4) is 0 Å². The number of carbonyl (C=O) groups excluding carboxylic acids is 1. The number of ether oxygens (including phenoxy) is 1. The smallest absolute Gasteiger partial charge is 0.416 e. The third kappa shape index (κ3) is 4.25. The predicted octanol–water partition coefficient (Wildman–Crippen LogP) is 4.67. The van der Waals surface area contributed by atoms with Crippen LogP contribution in [0, 0.1) is 5.92 Å². The summed E-state index contributed by atoms with van der Waals surface area (Å²) in [5, 5.41) is 12.2. The number of urea groups is 1. The number of nitrogens with zero attached hydrogens (tertiary/aromatic N) is 1. The van der Waals surface area contributed by atoms with E-state index in [-0.39, 0.29) is 24.8 Å². The number of carbonyl (C=O) groups is 1. The fraction of sp³-hybridized carbons (Fsp3) is 0.316. The van der Waals surface area contributed by atoms with E-state index in [1.54, 1.807) is 18.2 Å². The number of hydrogen-bond donors (Lipinski definition) is 2. The molecule has 2 amide bonds. The molecule has 0 aromatic heterocycles. The summed E-state index contributed by atoms with van der Waals surface area (Å²) in [4.78, 5) is 14.1. The van der Waals surface area contributed by atoms with Crippen LogP contribution >= 0.6 is 15.9 Å². The number of fused-ring (bicyclic) bond motifs is 1. The van der Waals surface area contributed by atoms with Gasteiger partial charge < -0.3 is 20.1 Å². The zero-order valence-corrected chi connectivity index (χ0v) is 16.4. The van der Waals surface area contributed by atoms with Crippen LogP contribution in [0.5, 0.6) is 5.75 Å². The van der Waals surface area contributed by atoms with Crippen LogP contribution in [0.2, 0.25) is 0 Å². The van der Waals surface area contributed by atoms with E-state index in [2.05, 4.69) is 21.2 Å². The number of anilines is 1. The molecule has 0 fully saturated rings. The third-order valence-corrected chi connectivity index (χ3v) is 5.10. The summed E-state index contributed by atoms with van der Waals surface area (Å²) in [6.45, 7) is 0.00871. The molecule has 1 aliphatic heterocycles. The minimum atomic E-state index is -4.50. The number of hydrogen-bond acceptors (Lipinski definition) is 3. The number of benzene rings is 2. The van der Waals surface area contributed by atoms with Crippen molar-refractivity contribution in [2.45, 2.75) is 12.2 Å². The Morgan fingerprint density at radius 1 is 1.32 bits per heavy atom. The number of amides is 2. The summed E-state index contributed by atoms with van der Waals surface area (Å²) >= 11 is 3.38. The Morgan fingerprint density at radius 2 is 2.07 bits per heavy atom. The minimum absolute atomic E-state index is 0.0359. The van der Waals surface area contributed by atoms with Gasteiger partial charge in [-0.15, -0.1) is 0 Å². The highest BCUT2D eigenvalue weighted by atomic mass is 79.9. The first-order chi connectivity index (χ1) is 13.2. The number of halogens is 4. The zero-order valence-electron chi connectivity index (χ0n) is 14.8. The fourth-order valence-corrected chi connectivity index (χ4v) is 3.59. The van der Waals surface area contributed by atoms with E-state index >= 15 is 0 Å². The van der Waals surface area contributed by atoms with Crippen molar-refractivity contribution in [3.63, 3.8) is 0 Å². The van der Waals surface area contributed by atoms with Gasteiger partial charge in [0.05, 0.1) is 24.8 Å². The second kappa shape index (κ2) is 8.00. The average Bonchev–Trinajstić information content (AvgIpc) is 2.65. The maximum atomic E-state index is 12.9. The minimum Gasteiger partial charge on any atom is -0.493 e. The number of aliphatic hydroxyl groups excluding tert-OH is 1. The van der Waals surface area contributed by atoms with Crippen molar-refractivity contribution in [2.24, 2.45) is 5.92 Å². The molecule has 9 heteroatoms. The zero-order chi connectivity index (χ0) is 20.5. The summed E-state index contributed by atoms with van der Waals surface area (Å²) in [6.07, 6.45) is -4.50. The van der Waals surface area contributed by atoms with Gasteiger partial charge >= 0.3 is 12.2 Å². The maximum Gasteiger partial charge on any atom is 0.416 e. The molecule has 0 saturated heterocycles. The Labute approximate surface area is 168 Å². The van der Waals surface area contributed by atoms with Crippen LogP contribution < -0.4 is 10.1 Å². The number of aliphatic hydroxyl groups is 1. The van der Waals surface area contributed by atoms with Gasteiger partial charge in [0.15, 0.2) is 0 Å². The third-order valence-electron chi connectivity index (χ3n) is 4.60. The quantitative estimate of drug-likeness (QED) is 0.702. The Bertz CT molecular complexity index is 876. The van der Waals surface area contributed by atoms with Crippen LogP contribution in [0.25, 0.3) is 0 Å². The second-order valence-electron chi connectivity index (χ2n) is 6.50. The lowest BCUT2D eigenvalue weighted by Crippen LogP contribution is -2.43. The van der Waals surface area contributed by atoms with Gasteiger partial charge in [-0.1, -0.05) is 22.0 Å². The summed E-state index contributed by atoms with van der Waals surface area (Å²) in [5.41, 5.74) is -0.100. The molecule has 150 valence electrons. The van der Waals surface area contributed by atoms with E-state index in [1.807, 2.05) is 0 Å². The first kappa shape index (κ1) is 20.5. The van der Waals surface area contributed by atoms with E-state index in [1.165, 1.54) is 24.1 Å². The fourth-order valence-electron chi connectivity index (χ4n) is 3.21. The normalized spacial score (nSPS) is 18.8. The van der Waals surface area contributed by atoms with Crippen LogP contribution in [-0.4, -0.2) is 36.3 Å². The number of alkyl halides is 3. The van der Waals surface area contributed by atoms with E-state index in [0.717, 1.165) is 16.6 Å². The van der Waals surface area contributed by atoms with Gasteiger partial charge in [-0.2, -0.15) is 13.2 Å². The van der Waals surface area contributed by atoms with Crippen LogP contribution in [0.1, 0.15) is 17.2 Å². The van der Waals surface area contributed by atoms with Crippen LogP contribution in [0.4, 0.5) is 23.7 Å². The van der Waals surface area contributed by atoms with E-state index < -0.39 is 23.8 Å². The molecule has 0 unspecified atom stereocenters. The van der Waals surface area contributed by atoms with Crippen molar-refractivity contribution < 1.29 is 27.8 Å². The van der Waals surface area contributed by atoms with Crippen molar-refractivity contribution in [3.8, 4) is 5.75 Å². The summed E-state index contributed by atoms with van der Waals surface area (Å²) < 4.78 is 45.1. The molecule has 1 aliphatic rings. The van der Waals surface area contributed by atoms with Gasteiger partial charge in [-0.05, 0) is 36.4 Å². The second-order valence-corrected chi connectivity index (χ2v) is 7.42. The molecule has 28 heavy (non-hydrogen) atoms. The van der Waals surface area contributed by atoms with Crippen molar-refractivity contribution in [1.82, 2.24) is 4.90 Å². The highest BCUT2D eigenvalue weighted by Gasteiger charge is 2.36. The van der Waals surface area contributed by atoms with Gasteiger partial charge in [0.2, 0.25) is 0 Å². The SMILES string of the molecule is CN(C(=O)Nc1cccc(C(F)(F)F)c1)[C@@H]1c2cc(Br)ccc2OC[C@@H]1CO. The van der Waals surface area contributed by atoms with Gasteiger partial charge in [0, 0.05) is 28.7 Å². The molecule has 2 N–H and O–H groups in total. The van der Waals surface area contributed by atoms with E-state index in [9.17, 15) is 23.1 Å². The first-order valence-corrected chi connectivity index (χ1v) is 9.24. The highest BCUT2D eigenvalue weighted by Crippen LogP contribution is 2.40. The molecule has 0 aliphatic carbocycles. The molecule has 5 nitrogen and oxygen atoms in total. The molecular formula is C19H18BrF3N2O3. The van der Waals surface area contributed by atoms with Gasteiger partial charge in [-0.3, -0.25) is 0 Å². The topological polar surface area (TPSA) is 61.8 Å². The summed E-state index contributed by atoms with van der Waals surface area (Å²) in [5.74, 6) is 0.218. The van der Waals surface area contributed by atoms with Crippen LogP contribution in [-0.2, 0) is 6.18 Å². The van der Waals surface area contributed by atoms with Gasteiger partial charge in [0.25, 0.3) is 0 Å². The Balaban J connectivity index is 1.86. The molecule has 0 radical (unpaired) electrons. The summed E-state index contributed by atoms with van der Waals surface area (Å²) in [6, 6.07) is 8.71. The maximum absolute atomic E-state index is 12.9. The van der Waals surface area contributed by atoms with Crippen molar-refractivity contribution >= 4 is 27.6 Å². The first-order valence-electron chi connectivity index (χ1n) is 8.45. The van der Waals surface area contributed by atoms with E-state index in [4.69, 9.17) is 4.74 Å². The Kier molecular flexibility index (Phi) is 5.85. The standard InChI is InChI=1S/C19H18BrF3N2O3/c1-25(18(27)24-14-4-2-3-12(7-14)19(21,22)23)17-11(9-26)10-28-16-6-5-13(20)8-15(16)17/h2-8,11,17,26H,9-10H2,1H3,(H,24,27)/t11-,17-/m0/s1. The van der Waals surface area contributed by atoms with E-state index in [0.29, 0.717) is 11.3 Å². The highest BCUT2D eigenvalue weighted by molar-refractivity contribution is 9.10. The number of nitrogens with one attached hydrogen (secondary N) is 1. The molecule has 1 heterocycles. The van der Waals surface area contributed by atoms with Crippen molar-refractivity contribution in [1.29, 1.82) is 0 Å². The largest absolute Gasteiger partial charge is 0.493 e. The summed E-state index contributed by atoms with van der Waals surface area (Å²) in [7, 11) is 1.53. The molecule has 2 aromatic rings. The molecule has 0 bridgehead atoms. The monoisotopic (exact) mass is 458 g/mol. The Hall–Kier alpha value is -2.26.